The Balaban J connectivity index is 0.0000120. The van der Waals surface area contributed by atoms with Crippen molar-refractivity contribution in [3.8, 4) is 0 Å². The van der Waals surface area contributed by atoms with E-state index in [-0.39, 0.29) is 270 Å². The van der Waals surface area contributed by atoms with Crippen LogP contribution in [0, 0.1) is 0 Å². The summed E-state index contributed by atoms with van der Waals surface area (Å²) in [6.45, 7) is -2.13. The van der Waals surface area contributed by atoms with Gasteiger partial charge in [0.1, 0.15) is 30.4 Å². The zero-order valence-corrected chi connectivity index (χ0v) is 62.7. The van der Waals surface area contributed by atoms with Gasteiger partial charge >= 0.3 is 177 Å². The third-order valence-corrected chi connectivity index (χ3v) is 14.5. The molecular formula is C40H38N12Na6O22S6. The van der Waals surface area contributed by atoms with Gasteiger partial charge in [-0.1, -0.05) is 24.3 Å². The van der Waals surface area contributed by atoms with Gasteiger partial charge in [-0.25, -0.2) is 25.3 Å². The molecule has 0 saturated carbocycles. The largest absolute Gasteiger partial charge is 1.00 e. The van der Waals surface area contributed by atoms with E-state index < -0.39 is 88.5 Å². The molecule has 0 aliphatic carbocycles. The Morgan fingerprint density at radius 2 is 1.01 bits per heavy atom. The third kappa shape index (κ3) is 27.0. The molecule has 9 N–H and O–H groups in total. The van der Waals surface area contributed by atoms with Crippen LogP contribution in [0.4, 0.5) is 58.4 Å². The van der Waals surface area contributed by atoms with Crippen LogP contribution in [0.3, 0.4) is 0 Å². The molecule has 0 fully saturated rings. The van der Waals surface area contributed by atoms with Crippen molar-refractivity contribution in [1.29, 1.82) is 0 Å². The summed E-state index contributed by atoms with van der Waals surface area (Å²) >= 11 is 1.06. The summed E-state index contributed by atoms with van der Waals surface area (Å²) in [7, 11) is -15.5. The molecule has 6 aromatic rings. The van der Waals surface area contributed by atoms with E-state index in [9.17, 15) is 75.1 Å². The van der Waals surface area contributed by atoms with Crippen LogP contribution in [0.1, 0.15) is 17.5 Å². The topological polar surface area (TPSA) is 518 Å². The number of benzene rings is 4. The normalized spacial score (nSPS) is 11.5. The molecule has 432 valence electrons. The molecule has 0 saturated heterocycles. The molecule has 34 nitrogen and oxygen atoms in total. The minimum atomic E-state index is -5.31. The van der Waals surface area contributed by atoms with Crippen molar-refractivity contribution in [1.82, 2.24) is 29.9 Å². The van der Waals surface area contributed by atoms with Crippen molar-refractivity contribution in [2.45, 2.75) is 41.8 Å². The van der Waals surface area contributed by atoms with E-state index in [2.05, 4.69) is 84.6 Å². The van der Waals surface area contributed by atoms with E-state index in [1.807, 2.05) is 0 Å². The fourth-order valence-electron chi connectivity index (χ4n) is 6.60. The number of hydrogen-bond acceptors (Lipinski definition) is 37. The Kier molecular flexibility index (Phi) is 42.0. The number of rotatable bonds is 32. The molecule has 4 aromatic carbocycles. The van der Waals surface area contributed by atoms with Gasteiger partial charge in [0, 0.05) is 40.9 Å². The van der Waals surface area contributed by atoms with E-state index in [4.69, 9.17) is 0 Å². The molecule has 1 atom stereocenters. The average Bonchev–Trinajstić information content (AvgIpc) is 2.38. The predicted molar refractivity (Wildman–Crippen MR) is 268 cm³/mol. The molecule has 0 aliphatic heterocycles. The zero-order valence-electron chi connectivity index (χ0n) is 45.8. The van der Waals surface area contributed by atoms with Crippen molar-refractivity contribution in [2.75, 3.05) is 71.0 Å². The van der Waals surface area contributed by atoms with Crippen LogP contribution in [0.2, 0.25) is 0 Å². The van der Waals surface area contributed by atoms with Crippen molar-refractivity contribution < 1.29 is 281 Å². The van der Waals surface area contributed by atoms with Gasteiger partial charge in [0.15, 0.2) is 0 Å². The number of nitrogens with zero attached hydrogens (tertiary/aromatic N) is 7. The molecule has 0 spiro atoms. The van der Waals surface area contributed by atoms with Crippen molar-refractivity contribution in [3.05, 3.63) is 83.9 Å². The number of nitrogens with one attached hydrogen (secondary N) is 5. The molecule has 6 rings (SSSR count). The summed E-state index contributed by atoms with van der Waals surface area (Å²) in [5, 5.41) is 94.8. The van der Waals surface area contributed by atoms with E-state index in [0.717, 1.165) is 42.5 Å². The molecule has 46 heteroatoms. The fraction of sp³-hybridized carbons (Fsp3) is 0.200. The van der Waals surface area contributed by atoms with Crippen molar-refractivity contribution >= 4 is 137 Å². The minimum absolute atomic E-state index is 0. The van der Waals surface area contributed by atoms with E-state index in [1.54, 1.807) is 0 Å². The minimum Gasteiger partial charge on any atom is -0.744 e. The second kappa shape index (κ2) is 42.1. The van der Waals surface area contributed by atoms with Crippen LogP contribution in [-0.2, 0) is 58.5 Å². The number of aromatic nitrogens is 6. The van der Waals surface area contributed by atoms with Crippen LogP contribution in [0.25, 0.3) is 12.2 Å². The van der Waals surface area contributed by atoms with Gasteiger partial charge in [-0.3, -0.25) is 15.1 Å². The Hall–Kier alpha value is -0.300. The number of aliphatic hydroxyl groups excluding tert-OH is 4. The SMILES string of the molecule is O=S(=O)([O-])c1ccc(SOO[O-])c(Nc2nc(Nc3ccc(C=Cc4ccc(Nc5nc(Nc6cc(SOO[O-])ccc6S(=O)(=O)[O-])nc(N(CCO)CCO)n5)cc4S(=O)(=O)[O-])c(SOO[O-])c3)nc(NC(CO)CCO)n2)c1.[Na+].[Na+].[Na+].[Na+].[Na+].[Na+]. The average molecular weight is 1370 g/mol. The first-order chi connectivity index (χ1) is 38.2. The van der Waals surface area contributed by atoms with Crippen molar-refractivity contribution in [2.24, 2.45) is 0 Å². The fourth-order valence-corrected chi connectivity index (χ4v) is 9.74. The van der Waals surface area contributed by atoms with Crippen LogP contribution in [0.15, 0.2) is 102 Å². The van der Waals surface area contributed by atoms with E-state index >= 15 is 0 Å². The van der Waals surface area contributed by atoms with Gasteiger partial charge < -0.3 is 81.3 Å². The van der Waals surface area contributed by atoms with Crippen LogP contribution < -0.4 is 225 Å². The van der Waals surface area contributed by atoms with Gasteiger partial charge in [0.25, 0.3) is 0 Å². The molecule has 0 radical (unpaired) electrons. The standard InChI is InChI=1S/C40H44N12O22S6.6Na/c53-14-11-26(21-56)43-36-46-35(47-38(48-36)44-29-20-28(78(60,61)62)8-9-31(29)76-73-70-58)41-24-5-3-22(32(17-24)77-74-71-59)1-2-23-4-6-25(18-34(23)80(66,67)68)42-37-49-39(51-40(50-37)52(12-15-54)13-16-55)45-30-19-27(75-72-69-57)7-10-33(30)79(63,64)65;;;;;;/h1-10,17-20,26,53-59H,11-16,21H2,(H,60,61,62)(H,63,64,65)(H,66,67,68)(H2,42,45,49,50,51)(H3,41,43,44,46,47,48);;;;;;/q;6*+1/p-6. The predicted octanol–water partition coefficient (Wildman–Crippen LogP) is -18.4. The van der Waals surface area contributed by atoms with Gasteiger partial charge in [0.05, 0.1) is 92.9 Å². The Bertz CT molecular complexity index is 3500. The van der Waals surface area contributed by atoms with Gasteiger partial charge in [-0.2, -0.15) is 42.9 Å². The number of aliphatic hydroxyl groups is 4. The summed E-state index contributed by atoms with van der Waals surface area (Å²) in [6.07, 6.45) is 2.56. The second-order valence-electron chi connectivity index (χ2n) is 15.2. The monoisotopic (exact) mass is 1370 g/mol. The molecule has 0 amide bonds. The summed E-state index contributed by atoms with van der Waals surface area (Å²) in [6, 6.07) is 12.9. The van der Waals surface area contributed by atoms with E-state index in [1.165, 1.54) is 47.4 Å². The maximum absolute atomic E-state index is 12.8. The zero-order chi connectivity index (χ0) is 58.0. The Labute approximate surface area is 635 Å². The first-order valence-corrected chi connectivity index (χ1v) is 28.2. The molecule has 2 aromatic heterocycles. The first-order valence-electron chi connectivity index (χ1n) is 21.7. The van der Waals surface area contributed by atoms with Crippen LogP contribution >= 0.6 is 36.1 Å². The summed E-state index contributed by atoms with van der Waals surface area (Å²) in [5.41, 5.74) is -0.537. The summed E-state index contributed by atoms with van der Waals surface area (Å²) < 4.78 is 124. The molecular weight excluding hydrogens is 1330 g/mol. The maximum Gasteiger partial charge on any atom is 1.00 e. The molecule has 86 heavy (non-hydrogen) atoms. The number of anilines is 10. The van der Waals surface area contributed by atoms with Crippen LogP contribution in [-0.4, -0.2) is 135 Å². The molecule has 0 aliphatic rings. The maximum atomic E-state index is 12.8. The van der Waals surface area contributed by atoms with Crippen LogP contribution in [0.5, 0.6) is 0 Å². The molecule has 0 bridgehead atoms. The van der Waals surface area contributed by atoms with Gasteiger partial charge in [0.2, 0.25) is 35.7 Å². The molecule has 2 heterocycles. The third-order valence-electron chi connectivity index (χ3n) is 9.98. The van der Waals surface area contributed by atoms with E-state index in [0.29, 0.717) is 36.1 Å². The quantitative estimate of drug-likeness (QED) is 0.00473. The number of hydrogen-bond donors (Lipinski definition) is 9. The Morgan fingerprint density at radius 1 is 0.512 bits per heavy atom. The smallest absolute Gasteiger partial charge is 0.744 e. The van der Waals surface area contributed by atoms with Gasteiger partial charge in [-0.05, 0) is 78.2 Å². The Morgan fingerprint density at radius 3 is 1.56 bits per heavy atom. The summed E-state index contributed by atoms with van der Waals surface area (Å²) in [4.78, 5) is 24.6. The second-order valence-corrected chi connectivity index (χ2v) is 21.6. The van der Waals surface area contributed by atoms with Gasteiger partial charge in [-0.15, -0.1) is 0 Å². The summed E-state index contributed by atoms with van der Waals surface area (Å²) in [5.74, 6) is -1.92. The van der Waals surface area contributed by atoms with Crippen molar-refractivity contribution in [3.63, 3.8) is 0 Å². The molecule has 1 unspecified atom stereocenters. The first kappa shape index (κ1) is 85.7.